The highest BCUT2D eigenvalue weighted by molar-refractivity contribution is 7.22. The second-order valence-corrected chi connectivity index (χ2v) is 8.27. The molecule has 0 bridgehead atoms. The summed E-state index contributed by atoms with van der Waals surface area (Å²) in [6.07, 6.45) is 1.95. The average Bonchev–Trinajstić information content (AvgIpc) is 3.15. The maximum absolute atomic E-state index is 12.4. The molecule has 2 aromatic carbocycles. The monoisotopic (exact) mass is 394 g/mol. The lowest BCUT2D eigenvalue weighted by Gasteiger charge is -2.34. The zero-order valence-electron chi connectivity index (χ0n) is 16.2. The number of carbonyl (C=O) groups excluding carboxylic acids is 1. The summed E-state index contributed by atoms with van der Waals surface area (Å²) in [6, 6.07) is 16.8. The van der Waals surface area contributed by atoms with E-state index in [0.717, 1.165) is 49.7 Å². The summed E-state index contributed by atoms with van der Waals surface area (Å²) in [6.45, 7) is 5.95. The Bertz CT molecular complexity index is 932. The van der Waals surface area contributed by atoms with Gasteiger partial charge in [-0.1, -0.05) is 47.7 Å². The zero-order valence-corrected chi connectivity index (χ0v) is 17.0. The van der Waals surface area contributed by atoms with Gasteiger partial charge in [-0.05, 0) is 43.0 Å². The molecule has 0 saturated carbocycles. The smallest absolute Gasteiger partial charge is 0.317 e. The molecule has 5 nitrogen and oxygen atoms in total. The van der Waals surface area contributed by atoms with Gasteiger partial charge in [0.15, 0.2) is 5.13 Å². The molecule has 0 radical (unpaired) electrons. The number of hydrogen-bond acceptors (Lipinski definition) is 4. The van der Waals surface area contributed by atoms with Crippen molar-refractivity contribution >= 4 is 32.7 Å². The summed E-state index contributed by atoms with van der Waals surface area (Å²) in [7, 11) is 0. The summed E-state index contributed by atoms with van der Waals surface area (Å²) < 4.78 is 1.23. The number of fused-ring (bicyclic) bond motifs is 1. The number of aromatic nitrogens is 1. The summed E-state index contributed by atoms with van der Waals surface area (Å²) in [4.78, 5) is 21.4. The zero-order chi connectivity index (χ0) is 19.3. The Balaban J connectivity index is 1.23. The Kier molecular flexibility index (Phi) is 5.76. The Hall–Kier alpha value is -2.60. The van der Waals surface area contributed by atoms with Crippen LogP contribution in [0.15, 0.2) is 48.5 Å². The number of rotatable bonds is 5. The third-order valence-corrected chi connectivity index (χ3v) is 6.21. The van der Waals surface area contributed by atoms with Gasteiger partial charge in [0.1, 0.15) is 0 Å². The van der Waals surface area contributed by atoms with Gasteiger partial charge >= 0.3 is 6.03 Å². The van der Waals surface area contributed by atoms with Crippen LogP contribution < -0.4 is 10.2 Å². The second-order valence-electron chi connectivity index (χ2n) is 7.26. The minimum Gasteiger partial charge on any atom is -0.345 e. The molecule has 1 aliphatic heterocycles. The van der Waals surface area contributed by atoms with Crippen molar-refractivity contribution in [3.63, 3.8) is 0 Å². The molecule has 6 heteroatoms. The Morgan fingerprint density at radius 3 is 2.68 bits per heavy atom. The predicted molar refractivity (Wildman–Crippen MR) is 116 cm³/mol. The van der Waals surface area contributed by atoms with Gasteiger partial charge in [-0.15, -0.1) is 0 Å². The fourth-order valence-electron chi connectivity index (χ4n) is 3.50. The molecular formula is C22H26N4OS. The highest BCUT2D eigenvalue weighted by atomic mass is 32.1. The Labute approximate surface area is 170 Å². The van der Waals surface area contributed by atoms with Crippen LogP contribution in [0.3, 0.4) is 0 Å². The van der Waals surface area contributed by atoms with Gasteiger partial charge in [0.2, 0.25) is 0 Å². The predicted octanol–water partition coefficient (Wildman–Crippen LogP) is 4.07. The maximum atomic E-state index is 12.4. The van der Waals surface area contributed by atoms with Crippen LogP contribution in [0, 0.1) is 6.92 Å². The summed E-state index contributed by atoms with van der Waals surface area (Å²) in [5.74, 6) is 0. The largest absolute Gasteiger partial charge is 0.345 e. The first-order chi connectivity index (χ1) is 13.7. The fraction of sp³-hybridized carbons (Fsp3) is 0.364. The van der Waals surface area contributed by atoms with Crippen LogP contribution in [0.4, 0.5) is 9.93 Å². The number of hydrogen-bond donors (Lipinski definition) is 1. The number of carbonyl (C=O) groups is 1. The van der Waals surface area contributed by atoms with Gasteiger partial charge in [0.25, 0.3) is 0 Å². The minimum atomic E-state index is 0.0487. The first kappa shape index (κ1) is 18.7. The lowest BCUT2D eigenvalue weighted by atomic mass is 10.1. The van der Waals surface area contributed by atoms with Crippen molar-refractivity contribution in [1.29, 1.82) is 0 Å². The van der Waals surface area contributed by atoms with Gasteiger partial charge in [-0.3, -0.25) is 0 Å². The third kappa shape index (κ3) is 4.44. The van der Waals surface area contributed by atoms with Crippen LogP contribution in [-0.4, -0.2) is 48.6 Å². The van der Waals surface area contributed by atoms with Crippen molar-refractivity contribution in [2.75, 3.05) is 37.6 Å². The molecule has 146 valence electrons. The molecule has 1 N–H and O–H groups in total. The van der Waals surface area contributed by atoms with E-state index >= 15 is 0 Å². The highest BCUT2D eigenvalue weighted by Gasteiger charge is 2.22. The van der Waals surface area contributed by atoms with E-state index in [0.29, 0.717) is 6.54 Å². The highest BCUT2D eigenvalue weighted by Crippen LogP contribution is 2.30. The lowest BCUT2D eigenvalue weighted by Crippen LogP contribution is -2.52. The maximum Gasteiger partial charge on any atom is 0.317 e. The molecule has 2 heterocycles. The number of piperazine rings is 1. The number of thiazole rings is 1. The molecular weight excluding hydrogens is 368 g/mol. The molecule has 0 aliphatic carbocycles. The SMILES string of the molecule is Cc1ccc2nc(N3CCN(C(=O)NCCCc4ccccc4)CC3)sc2c1. The van der Waals surface area contributed by atoms with Gasteiger partial charge in [-0.25, -0.2) is 9.78 Å². The van der Waals surface area contributed by atoms with E-state index < -0.39 is 0 Å². The molecule has 1 saturated heterocycles. The van der Waals surface area contributed by atoms with Gasteiger partial charge in [-0.2, -0.15) is 0 Å². The van der Waals surface area contributed by atoms with E-state index in [1.807, 2.05) is 11.0 Å². The Morgan fingerprint density at radius 2 is 1.89 bits per heavy atom. The molecule has 3 aromatic rings. The van der Waals surface area contributed by atoms with Crippen molar-refractivity contribution in [1.82, 2.24) is 15.2 Å². The van der Waals surface area contributed by atoms with Gasteiger partial charge < -0.3 is 15.1 Å². The molecule has 0 spiro atoms. The lowest BCUT2D eigenvalue weighted by molar-refractivity contribution is 0.194. The quantitative estimate of drug-likeness (QED) is 0.664. The average molecular weight is 395 g/mol. The molecule has 28 heavy (non-hydrogen) atoms. The van der Waals surface area contributed by atoms with E-state index in [2.05, 4.69) is 59.6 Å². The van der Waals surface area contributed by atoms with E-state index in [4.69, 9.17) is 4.98 Å². The van der Waals surface area contributed by atoms with Crippen molar-refractivity contribution in [2.24, 2.45) is 0 Å². The van der Waals surface area contributed by atoms with Crippen molar-refractivity contribution in [3.8, 4) is 0 Å². The van der Waals surface area contributed by atoms with Crippen LogP contribution in [0.2, 0.25) is 0 Å². The number of nitrogens with one attached hydrogen (secondary N) is 1. The number of aryl methyl sites for hydroxylation is 2. The normalized spacial score (nSPS) is 14.5. The molecule has 0 unspecified atom stereocenters. The van der Waals surface area contributed by atoms with Crippen LogP contribution in [0.1, 0.15) is 17.5 Å². The van der Waals surface area contributed by atoms with E-state index in [1.165, 1.54) is 15.8 Å². The number of amides is 2. The molecule has 0 atom stereocenters. The van der Waals surface area contributed by atoms with Gasteiger partial charge in [0, 0.05) is 32.7 Å². The molecule has 4 rings (SSSR count). The molecule has 1 aliphatic rings. The van der Waals surface area contributed by atoms with Crippen molar-refractivity contribution < 1.29 is 4.79 Å². The second kappa shape index (κ2) is 8.61. The van der Waals surface area contributed by atoms with Crippen molar-refractivity contribution in [3.05, 3.63) is 59.7 Å². The van der Waals surface area contributed by atoms with E-state index in [-0.39, 0.29) is 6.03 Å². The van der Waals surface area contributed by atoms with Crippen molar-refractivity contribution in [2.45, 2.75) is 19.8 Å². The van der Waals surface area contributed by atoms with Crippen LogP contribution in [-0.2, 0) is 6.42 Å². The minimum absolute atomic E-state index is 0.0487. The first-order valence-electron chi connectivity index (χ1n) is 9.88. The molecule has 1 aromatic heterocycles. The van der Waals surface area contributed by atoms with Crippen LogP contribution in [0.5, 0.6) is 0 Å². The summed E-state index contributed by atoms with van der Waals surface area (Å²) in [5.41, 5.74) is 3.64. The standard InChI is InChI=1S/C22H26N4OS/c1-17-9-10-19-20(16-17)28-22(24-19)26-14-12-25(13-15-26)21(27)23-11-5-8-18-6-3-2-4-7-18/h2-4,6-7,9-10,16H,5,8,11-15H2,1H3,(H,23,27). The number of benzene rings is 2. The molecule has 2 amide bonds. The Morgan fingerprint density at radius 1 is 1.11 bits per heavy atom. The topological polar surface area (TPSA) is 48.5 Å². The number of anilines is 1. The number of nitrogens with zero attached hydrogens (tertiary/aromatic N) is 3. The first-order valence-corrected chi connectivity index (χ1v) is 10.7. The fourth-order valence-corrected chi connectivity index (χ4v) is 4.62. The number of urea groups is 1. The summed E-state index contributed by atoms with van der Waals surface area (Å²) >= 11 is 1.74. The van der Waals surface area contributed by atoms with E-state index in [1.54, 1.807) is 11.3 Å². The molecule has 1 fully saturated rings. The summed E-state index contributed by atoms with van der Waals surface area (Å²) in [5, 5.41) is 4.12. The van der Waals surface area contributed by atoms with Gasteiger partial charge in [0.05, 0.1) is 10.2 Å². The van der Waals surface area contributed by atoms with Crippen LogP contribution >= 0.6 is 11.3 Å². The van der Waals surface area contributed by atoms with Crippen LogP contribution in [0.25, 0.3) is 10.2 Å². The van der Waals surface area contributed by atoms with E-state index in [9.17, 15) is 4.79 Å². The third-order valence-electron chi connectivity index (χ3n) is 5.13.